The van der Waals surface area contributed by atoms with Crippen LogP contribution in [0.1, 0.15) is 68.3 Å². The minimum absolute atomic E-state index is 0.0701. The molecule has 4 saturated heterocycles. The first-order valence-electron chi connectivity index (χ1n) is 31.2. The van der Waals surface area contributed by atoms with E-state index in [1.54, 1.807) is 25.3 Å². The molecule has 0 saturated carbocycles. The fourth-order valence-corrected chi connectivity index (χ4v) is 12.2. The molecule has 31 heteroatoms. The van der Waals surface area contributed by atoms with E-state index in [1.165, 1.54) is 25.1 Å². The molecule has 13 atom stereocenters. The Morgan fingerprint density at radius 1 is 0.716 bits per heavy atom. The van der Waals surface area contributed by atoms with Gasteiger partial charge in [-0.1, -0.05) is 46.6 Å². The van der Waals surface area contributed by atoms with Crippen molar-refractivity contribution in [1.29, 1.82) is 5.26 Å². The van der Waals surface area contributed by atoms with Gasteiger partial charge in [0.05, 0.1) is 55.7 Å². The van der Waals surface area contributed by atoms with E-state index >= 15 is 0 Å². The number of anilines is 2. The van der Waals surface area contributed by atoms with Gasteiger partial charge in [-0.25, -0.2) is 5.26 Å². The number of nitrogens with one attached hydrogen (secondary N) is 5. The number of aromatic hydroxyl groups is 1. The molecule has 4 aliphatic heterocycles. The van der Waals surface area contributed by atoms with Crippen LogP contribution in [0, 0.1) is 17.2 Å². The molecule has 514 valence electrons. The van der Waals surface area contributed by atoms with Crippen molar-refractivity contribution < 1.29 is 97.6 Å². The van der Waals surface area contributed by atoms with E-state index < -0.39 is 165 Å². The van der Waals surface area contributed by atoms with Crippen LogP contribution < -0.4 is 45.3 Å². The second kappa shape index (κ2) is 34.3. The number of piperazine rings is 1. The Balaban J connectivity index is 0.998. The van der Waals surface area contributed by atoms with Gasteiger partial charge >= 0.3 is 0 Å². The van der Waals surface area contributed by atoms with Crippen LogP contribution in [0.4, 0.5) is 11.4 Å². The SMILES string of the molecule is COCCCCCOc1ccc(-c2ccc(N3CCN(c4ccc(C(=O)N[C@H]5C[C@H](O)CNC(=O)C6[C@@H](O)C(C)CN6C(=O)[C@H]([C@H](O)CC#N)NC(=O)C([C@H](O)Cc6ccc(O)c(OSOOO)c6)NC(=O)C6CC(O)CN6C(=O)C(C(C)O)NC5=O)cc4)CC3)cc2)cc1. The summed E-state index contributed by atoms with van der Waals surface area (Å²) in [4.78, 5) is 107. The van der Waals surface area contributed by atoms with Gasteiger partial charge in [0.2, 0.25) is 35.4 Å². The Hall–Kier alpha value is -8.39. The number of aliphatic hydroxyl groups excluding tert-OH is 6. The lowest BCUT2D eigenvalue weighted by atomic mass is 9.98. The number of unbranched alkanes of at least 4 members (excludes halogenated alkanes) is 2. The molecule has 30 nitrogen and oxygen atoms in total. The lowest BCUT2D eigenvalue weighted by molar-refractivity contribution is -0.433. The van der Waals surface area contributed by atoms with Crippen LogP contribution in [-0.2, 0) is 49.3 Å². The van der Waals surface area contributed by atoms with Crippen LogP contribution in [0.25, 0.3) is 11.1 Å². The highest BCUT2D eigenvalue weighted by Crippen LogP contribution is 2.32. The van der Waals surface area contributed by atoms with Crippen molar-refractivity contribution in [1.82, 2.24) is 36.4 Å². The van der Waals surface area contributed by atoms with Crippen molar-refractivity contribution in [3.63, 3.8) is 0 Å². The summed E-state index contributed by atoms with van der Waals surface area (Å²) in [7, 11) is 1.70. The number of methoxy groups -OCH3 is 1. The van der Waals surface area contributed by atoms with E-state index in [9.17, 15) is 74.6 Å². The van der Waals surface area contributed by atoms with Gasteiger partial charge in [0.1, 0.15) is 42.0 Å². The maximum absolute atomic E-state index is 14.7. The summed E-state index contributed by atoms with van der Waals surface area (Å²) >= 11 is 0.0701. The van der Waals surface area contributed by atoms with Gasteiger partial charge in [-0.3, -0.25) is 33.6 Å². The number of rotatable bonds is 22. The van der Waals surface area contributed by atoms with Crippen molar-refractivity contribution in [3.05, 3.63) is 102 Å². The number of benzene rings is 4. The Morgan fingerprint density at radius 3 is 1.96 bits per heavy atom. The molecule has 4 heterocycles. The Labute approximate surface area is 552 Å². The van der Waals surface area contributed by atoms with Gasteiger partial charge in [0.15, 0.2) is 11.5 Å². The van der Waals surface area contributed by atoms with Gasteiger partial charge in [0, 0.05) is 102 Å². The average Bonchev–Trinajstić information content (AvgIpc) is 1.70. The van der Waals surface area contributed by atoms with Gasteiger partial charge in [-0.15, -0.1) is 0 Å². The van der Waals surface area contributed by atoms with Crippen LogP contribution in [0.2, 0.25) is 0 Å². The molecule has 0 radical (unpaired) electrons. The third kappa shape index (κ3) is 19.0. The predicted octanol–water partition coefficient (Wildman–Crippen LogP) is -0.193. The fraction of sp³-hybridized carbons (Fsp3) is 0.500. The predicted molar refractivity (Wildman–Crippen MR) is 340 cm³/mol. The van der Waals surface area contributed by atoms with E-state index in [-0.39, 0.29) is 35.7 Å². The summed E-state index contributed by atoms with van der Waals surface area (Å²) < 4.78 is 20.4. The number of carbonyl (C=O) groups is 7. The summed E-state index contributed by atoms with van der Waals surface area (Å²) in [5.74, 6) is -8.73. The summed E-state index contributed by atoms with van der Waals surface area (Å²) in [5.41, 5.74) is 4.18. The minimum atomic E-state index is -2.15. The van der Waals surface area contributed by atoms with E-state index in [4.69, 9.17) is 18.9 Å². The number of hydrogen-bond acceptors (Lipinski definition) is 24. The van der Waals surface area contributed by atoms with Crippen LogP contribution in [0.3, 0.4) is 0 Å². The highest BCUT2D eigenvalue weighted by Gasteiger charge is 2.50. The van der Waals surface area contributed by atoms with Gasteiger partial charge < -0.3 is 95.6 Å². The number of β-amino-alcohol motifs (C(OH)–C–C–N with tert-alkyl or cyclic N) is 1. The average molecular weight is 1340 g/mol. The first kappa shape index (κ1) is 72.4. The van der Waals surface area contributed by atoms with Crippen LogP contribution in [0.15, 0.2) is 91.0 Å². The van der Waals surface area contributed by atoms with Crippen molar-refractivity contribution in [3.8, 4) is 34.4 Å². The number of phenols is 1. The topological polar surface area (TPSA) is 424 Å². The minimum Gasteiger partial charge on any atom is -0.504 e. The zero-order chi connectivity index (χ0) is 68.5. The van der Waals surface area contributed by atoms with Crippen molar-refractivity contribution in [2.45, 2.75) is 132 Å². The highest BCUT2D eigenvalue weighted by molar-refractivity contribution is 7.90. The lowest BCUT2D eigenvalue weighted by Gasteiger charge is -2.37. The quantitative estimate of drug-likeness (QED) is 0.0210. The van der Waals surface area contributed by atoms with Gasteiger partial charge in [0.25, 0.3) is 18.2 Å². The molecule has 4 aromatic carbocycles. The van der Waals surface area contributed by atoms with E-state index in [0.717, 1.165) is 83.0 Å². The van der Waals surface area contributed by atoms with E-state index in [1.807, 2.05) is 24.3 Å². The molecule has 0 bridgehead atoms. The van der Waals surface area contributed by atoms with Crippen molar-refractivity contribution in [2.75, 3.05) is 75.9 Å². The molecule has 7 amide bonds. The van der Waals surface area contributed by atoms with E-state index in [0.29, 0.717) is 32.8 Å². The number of ether oxygens (including phenoxy) is 2. The van der Waals surface area contributed by atoms with Crippen molar-refractivity contribution >= 4 is 65.0 Å². The molecule has 13 N–H and O–H groups in total. The maximum atomic E-state index is 14.7. The monoisotopic (exact) mass is 1340 g/mol. The Bertz CT molecular complexity index is 3310. The second-order valence-electron chi connectivity index (χ2n) is 24.0. The number of nitriles is 1. The smallest absolute Gasteiger partial charge is 0.261 e. The molecular weight excluding hydrogens is 1260 g/mol. The summed E-state index contributed by atoms with van der Waals surface area (Å²) in [5, 5.41) is 113. The molecule has 0 aliphatic carbocycles. The molecule has 0 aromatic heterocycles. The number of hydrogen-bond donors (Lipinski definition) is 13. The first-order valence-corrected chi connectivity index (χ1v) is 31.9. The maximum Gasteiger partial charge on any atom is 0.261 e. The standard InChI is InChI=1S/C64H82N10O20S/c1-36-34-74-56(57(36)81)62(86)66-33-44(76)31-47(67-58(82)41-10-16-43(17-11-41)72-25-23-71(24-26-72)42-14-8-39(9-15-42)40-12-18-46(19-13-40)91-28-6-4-5-27-90-3)59(83)68-53(37(2)75)63(87)73-35-45(77)32-48(73)60(84)69-54(61(85)70-55(64(74)88)50(79)21-22-65)51(80)29-38-7-20-49(78)52(30-38)92-95-94-93-89/h7-20,30,36-37,44-45,47-48,50-51,53-57,75-81,89H,4-6,21,23-29,31-35H2,1-3H3,(H,66,86)(H,67,82)(H,68,83)(H,69,84)(H,70,85)/t36?,37?,44-,45?,47-,48?,50+,51+,53?,54?,55-,56?,57-/m0/s1. The summed E-state index contributed by atoms with van der Waals surface area (Å²) in [6.45, 7) is 5.07. The van der Waals surface area contributed by atoms with Crippen LogP contribution in [0.5, 0.6) is 17.2 Å². The molecule has 4 aliphatic rings. The third-order valence-electron chi connectivity index (χ3n) is 17.2. The normalized spacial score (nSPS) is 25.1. The number of fused-ring (bicyclic) bond motifs is 2. The Morgan fingerprint density at radius 2 is 1.33 bits per heavy atom. The lowest BCUT2D eigenvalue weighted by Crippen LogP contribution is -2.64. The zero-order valence-corrected chi connectivity index (χ0v) is 53.4. The number of nitrogens with zero attached hydrogens (tertiary/aromatic N) is 5. The largest absolute Gasteiger partial charge is 0.504 e. The van der Waals surface area contributed by atoms with Crippen LogP contribution >= 0.6 is 12.3 Å². The highest BCUT2D eigenvalue weighted by atomic mass is 32.2. The molecule has 7 unspecified atom stereocenters. The molecule has 4 aromatic rings. The Kier molecular flexibility index (Phi) is 26.2. The van der Waals surface area contributed by atoms with Crippen molar-refractivity contribution in [2.24, 2.45) is 5.92 Å². The molecule has 95 heavy (non-hydrogen) atoms. The second-order valence-corrected chi connectivity index (χ2v) is 24.4. The number of amides is 7. The number of phenolic OH excluding ortho intramolecular Hbond substituents is 1. The first-order chi connectivity index (χ1) is 45.6. The molecule has 8 rings (SSSR count). The third-order valence-corrected chi connectivity index (χ3v) is 17.5. The van der Waals surface area contributed by atoms with Gasteiger partial charge in [-0.05, 0) is 104 Å². The summed E-state index contributed by atoms with van der Waals surface area (Å²) in [6, 6.07) is 16.8. The summed E-state index contributed by atoms with van der Waals surface area (Å²) in [6.07, 6.45) is -10.1. The molecular formula is C64H82N10O20S. The zero-order valence-electron chi connectivity index (χ0n) is 52.6. The number of carbonyl (C=O) groups excluding carboxylic acids is 7. The number of aliphatic hydroxyl groups is 6. The fourth-order valence-electron chi connectivity index (χ4n) is 11.9. The van der Waals surface area contributed by atoms with E-state index in [2.05, 4.69) is 70.0 Å². The van der Waals surface area contributed by atoms with Gasteiger partial charge in [-0.2, -0.15) is 5.26 Å². The van der Waals surface area contributed by atoms with Crippen LogP contribution in [-0.4, -0.2) is 231 Å². The molecule has 0 spiro atoms. The molecule has 4 fully saturated rings.